The van der Waals surface area contributed by atoms with Gasteiger partial charge in [-0.05, 0) is 37.2 Å². The summed E-state index contributed by atoms with van der Waals surface area (Å²) < 4.78 is 16.2. The summed E-state index contributed by atoms with van der Waals surface area (Å²) in [5, 5.41) is 7.35. The molecule has 0 aliphatic carbocycles. The number of halogens is 2. The van der Waals surface area contributed by atoms with E-state index in [4.69, 9.17) is 0 Å². The van der Waals surface area contributed by atoms with Crippen LogP contribution in [0.5, 0.6) is 0 Å². The molecule has 18 heavy (non-hydrogen) atoms. The van der Waals surface area contributed by atoms with E-state index in [0.29, 0.717) is 12.1 Å². The second-order valence-electron chi connectivity index (χ2n) is 4.04. The Balaban J connectivity index is 1.70. The van der Waals surface area contributed by atoms with E-state index in [-0.39, 0.29) is 5.82 Å². The molecule has 0 aliphatic rings. The number of aromatic nitrogens is 2. The van der Waals surface area contributed by atoms with Gasteiger partial charge in [0.15, 0.2) is 0 Å². The summed E-state index contributed by atoms with van der Waals surface area (Å²) in [6, 6.07) is 6.89. The fourth-order valence-electron chi connectivity index (χ4n) is 1.70. The van der Waals surface area contributed by atoms with Gasteiger partial charge in [0.25, 0.3) is 0 Å². The summed E-state index contributed by atoms with van der Waals surface area (Å²) in [6.45, 7) is 2.26. The molecule has 0 fully saturated rings. The standard InChI is InChI=1S/C13H15BrFN3/c14-12-3-4-13(15)11(9-12)10-16-5-1-7-18-8-2-6-17-18/h2-4,6,8-9,16H,1,5,7,10H2. The third kappa shape index (κ3) is 3.92. The van der Waals surface area contributed by atoms with Crippen LogP contribution < -0.4 is 5.32 Å². The largest absolute Gasteiger partial charge is 0.312 e. The van der Waals surface area contributed by atoms with E-state index in [1.54, 1.807) is 18.3 Å². The molecule has 1 aromatic carbocycles. The number of nitrogens with zero attached hydrogens (tertiary/aromatic N) is 2. The van der Waals surface area contributed by atoms with Crippen molar-refractivity contribution in [3.63, 3.8) is 0 Å². The first-order chi connectivity index (χ1) is 8.75. The third-order valence-electron chi connectivity index (χ3n) is 2.62. The molecule has 0 saturated heterocycles. The molecule has 0 aliphatic heterocycles. The summed E-state index contributed by atoms with van der Waals surface area (Å²) in [5.74, 6) is -0.169. The van der Waals surface area contributed by atoms with Crippen LogP contribution in [-0.4, -0.2) is 16.3 Å². The van der Waals surface area contributed by atoms with Gasteiger partial charge in [0.05, 0.1) is 0 Å². The molecule has 2 aromatic rings. The highest BCUT2D eigenvalue weighted by atomic mass is 79.9. The zero-order chi connectivity index (χ0) is 12.8. The molecular weight excluding hydrogens is 297 g/mol. The van der Waals surface area contributed by atoms with Crippen LogP contribution in [0.1, 0.15) is 12.0 Å². The Morgan fingerprint density at radius 2 is 2.28 bits per heavy atom. The Labute approximate surface area is 114 Å². The summed E-state index contributed by atoms with van der Waals surface area (Å²) in [7, 11) is 0. The number of nitrogens with one attached hydrogen (secondary N) is 1. The molecular formula is C13H15BrFN3. The molecule has 96 valence electrons. The topological polar surface area (TPSA) is 29.9 Å². The lowest BCUT2D eigenvalue weighted by Crippen LogP contribution is -2.17. The van der Waals surface area contributed by atoms with E-state index in [0.717, 1.165) is 24.0 Å². The van der Waals surface area contributed by atoms with E-state index in [1.807, 2.05) is 16.9 Å². The van der Waals surface area contributed by atoms with Crippen molar-refractivity contribution in [2.75, 3.05) is 6.54 Å². The molecule has 2 rings (SSSR count). The lowest BCUT2D eigenvalue weighted by Gasteiger charge is -2.06. The zero-order valence-corrected chi connectivity index (χ0v) is 11.5. The highest BCUT2D eigenvalue weighted by Gasteiger charge is 2.01. The maximum absolute atomic E-state index is 13.4. The molecule has 0 spiro atoms. The lowest BCUT2D eigenvalue weighted by molar-refractivity contribution is 0.533. The van der Waals surface area contributed by atoms with Crippen molar-refractivity contribution < 1.29 is 4.39 Å². The number of benzene rings is 1. The highest BCUT2D eigenvalue weighted by molar-refractivity contribution is 9.10. The zero-order valence-electron chi connectivity index (χ0n) is 9.94. The van der Waals surface area contributed by atoms with Gasteiger partial charge in [-0.25, -0.2) is 4.39 Å². The van der Waals surface area contributed by atoms with E-state index >= 15 is 0 Å². The molecule has 1 N–H and O–H groups in total. The van der Waals surface area contributed by atoms with Crippen molar-refractivity contribution in [3.05, 3.63) is 52.5 Å². The quantitative estimate of drug-likeness (QED) is 0.831. The van der Waals surface area contributed by atoms with Gasteiger partial charge in [0.2, 0.25) is 0 Å². The van der Waals surface area contributed by atoms with Crippen molar-refractivity contribution >= 4 is 15.9 Å². The number of hydrogen-bond acceptors (Lipinski definition) is 2. The monoisotopic (exact) mass is 311 g/mol. The molecule has 1 heterocycles. The van der Waals surface area contributed by atoms with Gasteiger partial charge in [-0.2, -0.15) is 5.10 Å². The van der Waals surface area contributed by atoms with Crippen molar-refractivity contribution in [1.29, 1.82) is 0 Å². The summed E-state index contributed by atoms with van der Waals surface area (Å²) in [6.07, 6.45) is 4.68. The van der Waals surface area contributed by atoms with Crippen LogP contribution in [0.4, 0.5) is 4.39 Å². The molecule has 0 amide bonds. The van der Waals surface area contributed by atoms with E-state index in [9.17, 15) is 4.39 Å². The van der Waals surface area contributed by atoms with Crippen molar-refractivity contribution in [2.45, 2.75) is 19.5 Å². The molecule has 3 nitrogen and oxygen atoms in total. The summed E-state index contributed by atoms with van der Waals surface area (Å²) >= 11 is 3.34. The molecule has 0 radical (unpaired) electrons. The molecule has 0 saturated carbocycles. The van der Waals surface area contributed by atoms with Crippen LogP contribution in [0.25, 0.3) is 0 Å². The van der Waals surface area contributed by atoms with Crippen molar-refractivity contribution in [2.24, 2.45) is 0 Å². The highest BCUT2D eigenvalue weighted by Crippen LogP contribution is 2.15. The van der Waals surface area contributed by atoms with Crippen molar-refractivity contribution in [1.82, 2.24) is 15.1 Å². The maximum Gasteiger partial charge on any atom is 0.127 e. The maximum atomic E-state index is 13.4. The van der Waals surface area contributed by atoms with Crippen LogP contribution in [0, 0.1) is 5.82 Å². The molecule has 0 atom stereocenters. The number of aryl methyl sites for hydroxylation is 1. The molecule has 5 heteroatoms. The lowest BCUT2D eigenvalue weighted by atomic mass is 10.2. The smallest absolute Gasteiger partial charge is 0.127 e. The Morgan fingerprint density at radius 3 is 3.06 bits per heavy atom. The van der Waals surface area contributed by atoms with Gasteiger partial charge >= 0.3 is 0 Å². The van der Waals surface area contributed by atoms with Crippen LogP contribution in [0.3, 0.4) is 0 Å². The Hall–Kier alpha value is -1.20. The molecule has 1 aromatic heterocycles. The minimum absolute atomic E-state index is 0.169. The van der Waals surface area contributed by atoms with Gasteiger partial charge in [-0.3, -0.25) is 4.68 Å². The predicted octanol–water partition coefficient (Wildman–Crippen LogP) is 2.96. The summed E-state index contributed by atoms with van der Waals surface area (Å²) in [5.41, 5.74) is 0.684. The van der Waals surface area contributed by atoms with Crippen LogP contribution in [-0.2, 0) is 13.1 Å². The fraction of sp³-hybridized carbons (Fsp3) is 0.308. The minimum Gasteiger partial charge on any atom is -0.312 e. The Kier molecular flexibility index (Phi) is 4.90. The van der Waals surface area contributed by atoms with E-state index in [1.165, 1.54) is 6.07 Å². The van der Waals surface area contributed by atoms with Crippen LogP contribution in [0.2, 0.25) is 0 Å². The second kappa shape index (κ2) is 6.66. The molecule has 0 bridgehead atoms. The van der Waals surface area contributed by atoms with E-state index < -0.39 is 0 Å². The first-order valence-corrected chi connectivity index (χ1v) is 6.67. The average Bonchev–Trinajstić information content (AvgIpc) is 2.86. The number of rotatable bonds is 6. The SMILES string of the molecule is Fc1ccc(Br)cc1CNCCCn1cccn1. The van der Waals surface area contributed by atoms with E-state index in [2.05, 4.69) is 26.3 Å². The van der Waals surface area contributed by atoms with Crippen LogP contribution in [0.15, 0.2) is 41.1 Å². The van der Waals surface area contributed by atoms with Gasteiger partial charge in [0.1, 0.15) is 5.82 Å². The fourth-order valence-corrected chi connectivity index (χ4v) is 2.11. The average molecular weight is 312 g/mol. The number of hydrogen-bond donors (Lipinski definition) is 1. The van der Waals surface area contributed by atoms with Gasteiger partial charge in [-0.1, -0.05) is 15.9 Å². The van der Waals surface area contributed by atoms with Gasteiger partial charge < -0.3 is 5.32 Å². The second-order valence-corrected chi connectivity index (χ2v) is 4.95. The predicted molar refractivity (Wildman–Crippen MR) is 72.7 cm³/mol. The van der Waals surface area contributed by atoms with Crippen LogP contribution >= 0.6 is 15.9 Å². The minimum atomic E-state index is -0.169. The van der Waals surface area contributed by atoms with Gasteiger partial charge in [-0.15, -0.1) is 0 Å². The first-order valence-electron chi connectivity index (χ1n) is 5.88. The first kappa shape index (κ1) is 13.2. The third-order valence-corrected chi connectivity index (χ3v) is 3.12. The normalized spacial score (nSPS) is 10.8. The molecule has 0 unspecified atom stereocenters. The Morgan fingerprint density at radius 1 is 1.39 bits per heavy atom. The van der Waals surface area contributed by atoms with Gasteiger partial charge in [0, 0.05) is 35.5 Å². The van der Waals surface area contributed by atoms with Crippen molar-refractivity contribution in [3.8, 4) is 0 Å². The Bertz CT molecular complexity index is 485. The summed E-state index contributed by atoms with van der Waals surface area (Å²) in [4.78, 5) is 0.